The minimum Gasteiger partial charge on any atom is -0.227 e. The van der Waals surface area contributed by atoms with E-state index in [0.717, 1.165) is 16.2 Å². The molecule has 0 atom stereocenters. The van der Waals surface area contributed by atoms with Crippen molar-refractivity contribution >= 4 is 46.1 Å². The summed E-state index contributed by atoms with van der Waals surface area (Å²) in [4.78, 5) is 8.62. The molecular weight excluding hydrogens is 408 g/mol. The zero-order chi connectivity index (χ0) is 18.8. The van der Waals surface area contributed by atoms with Crippen LogP contribution < -0.4 is 0 Å². The molecule has 4 rings (SSSR count). The van der Waals surface area contributed by atoms with Crippen molar-refractivity contribution in [2.24, 2.45) is 0 Å². The Hall–Kier alpha value is -2.22. The van der Waals surface area contributed by atoms with Crippen molar-refractivity contribution in [3.8, 4) is 0 Å². The fraction of sp³-hybridized carbons (Fsp3) is 0.111. The van der Waals surface area contributed by atoms with E-state index in [9.17, 15) is 4.39 Å². The Bertz CT molecular complexity index is 1100. The van der Waals surface area contributed by atoms with E-state index in [1.54, 1.807) is 22.9 Å². The number of rotatable bonds is 5. The molecule has 2 aromatic carbocycles. The van der Waals surface area contributed by atoms with Crippen molar-refractivity contribution in [1.82, 2.24) is 25.0 Å². The van der Waals surface area contributed by atoms with Crippen molar-refractivity contribution in [2.45, 2.75) is 17.3 Å². The Kier molecular flexibility index (Phi) is 5.24. The summed E-state index contributed by atoms with van der Waals surface area (Å²) >= 11 is 13.5. The van der Waals surface area contributed by atoms with E-state index in [2.05, 4.69) is 20.3 Å². The summed E-state index contributed by atoms with van der Waals surface area (Å²) in [6.07, 6.45) is 1.49. The van der Waals surface area contributed by atoms with Crippen LogP contribution in [0.1, 0.15) is 11.1 Å². The van der Waals surface area contributed by atoms with Crippen molar-refractivity contribution < 1.29 is 4.39 Å². The lowest BCUT2D eigenvalue weighted by Crippen LogP contribution is -2.03. The Balaban J connectivity index is 1.56. The molecule has 0 aliphatic heterocycles. The second-order valence-corrected chi connectivity index (χ2v) is 7.54. The maximum atomic E-state index is 13.1. The van der Waals surface area contributed by atoms with E-state index >= 15 is 0 Å². The average molecular weight is 420 g/mol. The van der Waals surface area contributed by atoms with Gasteiger partial charge in [-0.15, -0.1) is 5.10 Å². The van der Waals surface area contributed by atoms with E-state index in [0.29, 0.717) is 33.5 Å². The van der Waals surface area contributed by atoms with Crippen molar-refractivity contribution in [3.05, 3.63) is 75.8 Å². The van der Waals surface area contributed by atoms with E-state index in [4.69, 9.17) is 23.2 Å². The Morgan fingerprint density at radius 1 is 0.963 bits per heavy atom. The maximum Gasteiger partial charge on any atom is 0.183 e. The van der Waals surface area contributed by atoms with Crippen LogP contribution in [0.3, 0.4) is 0 Å². The average Bonchev–Trinajstić information content (AvgIpc) is 3.08. The number of halogens is 3. The highest BCUT2D eigenvalue weighted by atomic mass is 35.5. The topological polar surface area (TPSA) is 56.5 Å². The number of nitrogens with zero attached hydrogens (tertiary/aromatic N) is 5. The quantitative estimate of drug-likeness (QED) is 0.336. The fourth-order valence-corrected chi connectivity index (χ4v) is 3.72. The summed E-state index contributed by atoms with van der Waals surface area (Å²) in [6.45, 7) is 0.449. The number of aromatic nitrogens is 5. The molecule has 136 valence electrons. The molecule has 0 unspecified atom stereocenters. The van der Waals surface area contributed by atoms with Gasteiger partial charge in [0, 0.05) is 5.75 Å². The fourth-order valence-electron chi connectivity index (χ4n) is 2.53. The standard InChI is InChI=1S/C18H12Cl2FN5S/c19-14-6-3-12(7-15(14)20)9-27-18-16-17(22-10-23-18)26(25-24-16)8-11-1-4-13(21)5-2-11/h1-7,10H,8-9H2. The van der Waals surface area contributed by atoms with Crippen LogP contribution in [-0.2, 0) is 12.3 Å². The second kappa shape index (κ2) is 7.80. The Morgan fingerprint density at radius 2 is 1.74 bits per heavy atom. The first-order valence-corrected chi connectivity index (χ1v) is 9.69. The third-order valence-electron chi connectivity index (χ3n) is 3.87. The molecule has 0 radical (unpaired) electrons. The van der Waals surface area contributed by atoms with Gasteiger partial charge in [-0.3, -0.25) is 0 Å². The molecule has 0 aliphatic rings. The molecule has 27 heavy (non-hydrogen) atoms. The SMILES string of the molecule is Fc1ccc(Cn2nnc3c(SCc4ccc(Cl)c(Cl)c4)ncnc32)cc1. The number of fused-ring (bicyclic) bond motifs is 1. The first-order chi connectivity index (χ1) is 13.1. The van der Waals surface area contributed by atoms with Crippen LogP contribution in [0.25, 0.3) is 11.2 Å². The van der Waals surface area contributed by atoms with Crippen LogP contribution in [0.4, 0.5) is 4.39 Å². The highest BCUT2D eigenvalue weighted by Crippen LogP contribution is 2.29. The Morgan fingerprint density at radius 3 is 2.52 bits per heavy atom. The summed E-state index contributed by atoms with van der Waals surface area (Å²) in [5, 5.41) is 10.2. The van der Waals surface area contributed by atoms with Crippen molar-refractivity contribution in [2.75, 3.05) is 0 Å². The van der Waals surface area contributed by atoms with Crippen LogP contribution in [0, 0.1) is 5.82 Å². The summed E-state index contributed by atoms with van der Waals surface area (Å²) in [6, 6.07) is 11.8. The lowest BCUT2D eigenvalue weighted by molar-refractivity contribution is 0.623. The minimum atomic E-state index is -0.273. The van der Waals surface area contributed by atoms with Gasteiger partial charge in [-0.2, -0.15) is 0 Å². The molecule has 5 nitrogen and oxygen atoms in total. The molecule has 0 saturated heterocycles. The van der Waals surface area contributed by atoms with Crippen LogP contribution in [-0.4, -0.2) is 25.0 Å². The van der Waals surface area contributed by atoms with E-state index in [1.807, 2.05) is 12.1 Å². The largest absolute Gasteiger partial charge is 0.227 e. The zero-order valence-corrected chi connectivity index (χ0v) is 16.1. The number of thioether (sulfide) groups is 1. The van der Waals surface area contributed by atoms with Gasteiger partial charge in [-0.1, -0.05) is 58.4 Å². The highest BCUT2D eigenvalue weighted by Gasteiger charge is 2.13. The van der Waals surface area contributed by atoms with Gasteiger partial charge in [-0.25, -0.2) is 19.0 Å². The first-order valence-electron chi connectivity index (χ1n) is 7.95. The van der Waals surface area contributed by atoms with Crippen LogP contribution in [0.15, 0.2) is 53.8 Å². The Labute approximate surface area is 168 Å². The molecule has 0 aliphatic carbocycles. The molecular formula is C18H12Cl2FN5S. The summed E-state index contributed by atoms with van der Waals surface area (Å²) in [5.41, 5.74) is 3.20. The third-order valence-corrected chi connectivity index (χ3v) is 5.66. The highest BCUT2D eigenvalue weighted by molar-refractivity contribution is 7.98. The van der Waals surface area contributed by atoms with Gasteiger partial charge in [0.2, 0.25) is 0 Å². The monoisotopic (exact) mass is 419 g/mol. The molecule has 0 spiro atoms. The predicted octanol–water partition coefficient (Wildman–Crippen LogP) is 5.01. The van der Waals surface area contributed by atoms with Crippen LogP contribution in [0.2, 0.25) is 10.0 Å². The third kappa shape index (κ3) is 4.05. The second-order valence-electron chi connectivity index (χ2n) is 5.76. The van der Waals surface area contributed by atoms with E-state index in [-0.39, 0.29) is 5.82 Å². The predicted molar refractivity (Wildman–Crippen MR) is 105 cm³/mol. The first kappa shape index (κ1) is 18.2. The van der Waals surface area contributed by atoms with Gasteiger partial charge in [0.15, 0.2) is 11.2 Å². The molecule has 9 heteroatoms. The lowest BCUT2D eigenvalue weighted by Gasteiger charge is -2.04. The van der Waals surface area contributed by atoms with Gasteiger partial charge in [0.05, 0.1) is 16.6 Å². The zero-order valence-electron chi connectivity index (χ0n) is 13.8. The van der Waals surface area contributed by atoms with Gasteiger partial charge in [0.25, 0.3) is 0 Å². The number of hydrogen-bond donors (Lipinski definition) is 0. The molecule has 2 aromatic heterocycles. The molecule has 0 N–H and O–H groups in total. The number of benzene rings is 2. The summed E-state index contributed by atoms with van der Waals surface area (Å²) in [7, 11) is 0. The van der Waals surface area contributed by atoms with Gasteiger partial charge < -0.3 is 0 Å². The van der Waals surface area contributed by atoms with Crippen LogP contribution in [0.5, 0.6) is 0 Å². The minimum absolute atomic E-state index is 0.273. The van der Waals surface area contributed by atoms with Gasteiger partial charge in [-0.05, 0) is 35.4 Å². The van der Waals surface area contributed by atoms with E-state index in [1.165, 1.54) is 30.2 Å². The lowest BCUT2D eigenvalue weighted by atomic mass is 10.2. The molecule has 0 bridgehead atoms. The smallest absolute Gasteiger partial charge is 0.183 e. The van der Waals surface area contributed by atoms with Crippen molar-refractivity contribution in [3.63, 3.8) is 0 Å². The normalized spacial score (nSPS) is 11.2. The van der Waals surface area contributed by atoms with Crippen LogP contribution >= 0.6 is 35.0 Å². The molecule has 0 fully saturated rings. The van der Waals surface area contributed by atoms with E-state index < -0.39 is 0 Å². The maximum absolute atomic E-state index is 13.1. The van der Waals surface area contributed by atoms with Crippen molar-refractivity contribution in [1.29, 1.82) is 0 Å². The van der Waals surface area contributed by atoms with Gasteiger partial charge in [0.1, 0.15) is 17.2 Å². The van der Waals surface area contributed by atoms with Gasteiger partial charge >= 0.3 is 0 Å². The number of hydrogen-bond acceptors (Lipinski definition) is 5. The molecule has 2 heterocycles. The molecule has 0 amide bonds. The summed E-state index contributed by atoms with van der Waals surface area (Å²) in [5.74, 6) is 0.388. The summed E-state index contributed by atoms with van der Waals surface area (Å²) < 4.78 is 14.7. The molecule has 0 saturated carbocycles. The molecule has 4 aromatic rings.